The lowest BCUT2D eigenvalue weighted by atomic mass is 10.1. The van der Waals surface area contributed by atoms with Crippen LogP contribution in [0.3, 0.4) is 0 Å². The molecule has 0 fully saturated rings. The summed E-state index contributed by atoms with van der Waals surface area (Å²) in [4.78, 5) is 16.3. The van der Waals surface area contributed by atoms with Crippen LogP contribution in [0.4, 0.5) is 0 Å². The number of aliphatic imine (C=N–C) groups is 1. The monoisotopic (exact) mass is 392 g/mol. The SMILES string of the molecule is CCCCCCCC/C=C/CCCCCC1=NCC[N+]1(CC)C(C)NC(C)=O. The van der Waals surface area contributed by atoms with E-state index in [9.17, 15) is 4.79 Å². The van der Waals surface area contributed by atoms with Crippen molar-refractivity contribution in [1.29, 1.82) is 0 Å². The van der Waals surface area contributed by atoms with E-state index in [2.05, 4.69) is 38.2 Å². The van der Waals surface area contributed by atoms with Crippen LogP contribution in [0.25, 0.3) is 0 Å². The molecule has 1 amide bonds. The Hall–Kier alpha value is -1.16. The number of carbonyl (C=O) groups is 1. The number of nitrogens with zero attached hydrogens (tertiary/aromatic N) is 2. The first-order valence-corrected chi connectivity index (χ1v) is 11.9. The molecule has 0 radical (unpaired) electrons. The number of allylic oxidation sites excluding steroid dienone is 2. The minimum absolute atomic E-state index is 0.0532. The van der Waals surface area contributed by atoms with Gasteiger partial charge in [-0.25, -0.2) is 4.99 Å². The third-order valence-corrected chi connectivity index (χ3v) is 6.19. The van der Waals surface area contributed by atoms with E-state index in [0.29, 0.717) is 0 Å². The van der Waals surface area contributed by atoms with Gasteiger partial charge in [-0.2, -0.15) is 0 Å². The van der Waals surface area contributed by atoms with Gasteiger partial charge in [0.2, 0.25) is 5.91 Å². The van der Waals surface area contributed by atoms with Crippen LogP contribution in [0.5, 0.6) is 0 Å². The molecular weight excluding hydrogens is 346 g/mol. The van der Waals surface area contributed by atoms with Gasteiger partial charge in [0, 0.05) is 20.3 Å². The van der Waals surface area contributed by atoms with Gasteiger partial charge in [0.15, 0.2) is 12.0 Å². The fourth-order valence-electron chi connectivity index (χ4n) is 4.38. The maximum atomic E-state index is 11.5. The molecule has 0 aliphatic carbocycles. The number of nitrogens with one attached hydrogen (secondary N) is 1. The molecule has 4 heteroatoms. The molecule has 0 saturated heterocycles. The number of rotatable bonds is 16. The van der Waals surface area contributed by atoms with Crippen molar-refractivity contribution < 1.29 is 9.28 Å². The first-order chi connectivity index (χ1) is 13.6. The third kappa shape index (κ3) is 8.89. The van der Waals surface area contributed by atoms with E-state index in [1.54, 1.807) is 6.92 Å². The summed E-state index contributed by atoms with van der Waals surface area (Å²) in [6.07, 6.45) is 20.4. The van der Waals surface area contributed by atoms with Gasteiger partial charge in [-0.1, -0.05) is 57.6 Å². The summed E-state index contributed by atoms with van der Waals surface area (Å²) in [5.41, 5.74) is 0. The number of amidine groups is 1. The Labute approximate surface area is 174 Å². The molecule has 0 aromatic rings. The average Bonchev–Trinajstić information content (AvgIpc) is 3.09. The van der Waals surface area contributed by atoms with Gasteiger partial charge in [0.1, 0.15) is 6.54 Å². The number of quaternary nitrogens is 1. The number of hydrogen-bond acceptors (Lipinski definition) is 2. The summed E-state index contributed by atoms with van der Waals surface area (Å²) < 4.78 is 0.845. The summed E-state index contributed by atoms with van der Waals surface area (Å²) in [6, 6.07) is 0. The summed E-state index contributed by atoms with van der Waals surface area (Å²) in [5, 5.41) is 3.10. The first-order valence-electron chi connectivity index (χ1n) is 11.9. The maximum Gasteiger partial charge on any atom is 0.221 e. The number of amides is 1. The summed E-state index contributed by atoms with van der Waals surface area (Å²) in [7, 11) is 0. The fourth-order valence-corrected chi connectivity index (χ4v) is 4.38. The Bertz CT molecular complexity index is 486. The van der Waals surface area contributed by atoms with Gasteiger partial charge in [-0.3, -0.25) is 9.28 Å². The van der Waals surface area contributed by atoms with Crippen molar-refractivity contribution in [3.05, 3.63) is 12.2 Å². The second-order valence-corrected chi connectivity index (χ2v) is 8.38. The highest BCUT2D eigenvalue weighted by Crippen LogP contribution is 2.23. The van der Waals surface area contributed by atoms with Crippen LogP contribution in [-0.4, -0.2) is 42.0 Å². The first kappa shape index (κ1) is 24.9. The smallest absolute Gasteiger partial charge is 0.221 e. The lowest BCUT2D eigenvalue weighted by Gasteiger charge is -2.39. The predicted molar refractivity (Wildman–Crippen MR) is 121 cm³/mol. The highest BCUT2D eigenvalue weighted by molar-refractivity contribution is 5.78. The van der Waals surface area contributed by atoms with Crippen LogP contribution in [0.15, 0.2) is 17.1 Å². The van der Waals surface area contributed by atoms with E-state index >= 15 is 0 Å². The van der Waals surface area contributed by atoms with Crippen molar-refractivity contribution in [1.82, 2.24) is 5.32 Å². The largest absolute Gasteiger partial charge is 0.307 e. The summed E-state index contributed by atoms with van der Waals surface area (Å²) in [5.74, 6) is 1.35. The predicted octanol–water partition coefficient (Wildman–Crippen LogP) is 5.97. The Kier molecular flexibility index (Phi) is 13.1. The standard InChI is InChI=1S/C24H45N3O/c1-5-7-8-9-10-11-12-13-14-15-16-17-18-19-24-25-20-21-27(24,6-2)22(3)26-23(4)28/h13-14,22H,5-12,15-21H2,1-4H3/p+1/b14-13+. The van der Waals surface area contributed by atoms with Gasteiger partial charge in [-0.05, 0) is 39.0 Å². The van der Waals surface area contributed by atoms with Crippen molar-refractivity contribution >= 4 is 11.7 Å². The molecule has 0 bridgehead atoms. The molecule has 1 heterocycles. The van der Waals surface area contributed by atoms with E-state index in [1.807, 2.05) is 0 Å². The molecule has 1 aliphatic heterocycles. The normalized spacial score (nSPS) is 20.5. The van der Waals surface area contributed by atoms with Gasteiger partial charge in [-0.15, -0.1) is 0 Å². The van der Waals surface area contributed by atoms with Crippen molar-refractivity contribution in [2.24, 2.45) is 4.99 Å². The van der Waals surface area contributed by atoms with Gasteiger partial charge in [0.05, 0.1) is 13.1 Å². The summed E-state index contributed by atoms with van der Waals surface area (Å²) >= 11 is 0. The molecule has 1 aliphatic rings. The topological polar surface area (TPSA) is 41.5 Å². The van der Waals surface area contributed by atoms with Gasteiger partial charge < -0.3 is 5.32 Å². The number of unbranched alkanes of at least 4 members (excludes halogenated alkanes) is 9. The fraction of sp³-hybridized carbons (Fsp3) is 0.833. The summed E-state index contributed by atoms with van der Waals surface area (Å²) in [6.45, 7) is 11.1. The lowest BCUT2D eigenvalue weighted by molar-refractivity contribution is -0.861. The Morgan fingerprint density at radius 1 is 1.04 bits per heavy atom. The number of likely N-dealkylation sites (N-methyl/N-ethyl adjacent to an activating group) is 1. The van der Waals surface area contributed by atoms with E-state index in [-0.39, 0.29) is 12.1 Å². The molecule has 4 nitrogen and oxygen atoms in total. The highest BCUT2D eigenvalue weighted by atomic mass is 16.1. The van der Waals surface area contributed by atoms with Crippen LogP contribution in [0.2, 0.25) is 0 Å². The lowest BCUT2D eigenvalue weighted by Crippen LogP contribution is -2.62. The molecule has 2 unspecified atom stereocenters. The maximum absolute atomic E-state index is 11.5. The molecule has 1 N–H and O–H groups in total. The molecule has 0 aromatic heterocycles. The van der Waals surface area contributed by atoms with Crippen LogP contribution < -0.4 is 5.32 Å². The van der Waals surface area contributed by atoms with Gasteiger partial charge >= 0.3 is 0 Å². The van der Waals surface area contributed by atoms with Crippen molar-refractivity contribution in [3.8, 4) is 0 Å². The van der Waals surface area contributed by atoms with Crippen LogP contribution >= 0.6 is 0 Å². The quantitative estimate of drug-likeness (QED) is 0.196. The van der Waals surface area contributed by atoms with Gasteiger partial charge in [0.25, 0.3) is 0 Å². The number of carbonyl (C=O) groups excluding carboxylic acids is 1. The molecule has 0 saturated carbocycles. The van der Waals surface area contributed by atoms with Crippen LogP contribution in [0, 0.1) is 0 Å². The molecule has 162 valence electrons. The zero-order chi connectivity index (χ0) is 20.7. The highest BCUT2D eigenvalue weighted by Gasteiger charge is 2.41. The Balaban J connectivity index is 2.16. The number of hydrogen-bond donors (Lipinski definition) is 1. The second kappa shape index (κ2) is 14.8. The molecule has 2 atom stereocenters. The zero-order valence-corrected chi connectivity index (χ0v) is 19.1. The van der Waals surface area contributed by atoms with Crippen LogP contribution in [-0.2, 0) is 4.79 Å². The molecule has 28 heavy (non-hydrogen) atoms. The van der Waals surface area contributed by atoms with Crippen molar-refractivity contribution in [3.63, 3.8) is 0 Å². The molecule has 0 spiro atoms. The zero-order valence-electron chi connectivity index (χ0n) is 19.1. The molecule has 0 aromatic carbocycles. The Morgan fingerprint density at radius 3 is 2.25 bits per heavy atom. The van der Waals surface area contributed by atoms with Crippen molar-refractivity contribution in [2.45, 2.75) is 111 Å². The minimum atomic E-state index is 0.0532. The minimum Gasteiger partial charge on any atom is -0.307 e. The molecule has 1 rings (SSSR count). The average molecular weight is 393 g/mol. The second-order valence-electron chi connectivity index (χ2n) is 8.38. The van der Waals surface area contributed by atoms with E-state index in [0.717, 1.165) is 30.5 Å². The van der Waals surface area contributed by atoms with E-state index in [1.165, 1.54) is 76.5 Å². The van der Waals surface area contributed by atoms with E-state index < -0.39 is 0 Å². The van der Waals surface area contributed by atoms with Crippen LogP contribution in [0.1, 0.15) is 105 Å². The molecular formula is C24H46N3O+. The Morgan fingerprint density at radius 2 is 1.64 bits per heavy atom. The van der Waals surface area contributed by atoms with Crippen molar-refractivity contribution in [2.75, 3.05) is 19.6 Å². The van der Waals surface area contributed by atoms with E-state index in [4.69, 9.17) is 4.99 Å². The third-order valence-electron chi connectivity index (χ3n) is 6.19.